The largest absolute Gasteiger partial charge is 0.478 e. The molecule has 0 unspecified atom stereocenters. The van der Waals surface area contributed by atoms with Gasteiger partial charge in [-0.05, 0) is 49.8 Å². The Bertz CT molecular complexity index is 547. The summed E-state index contributed by atoms with van der Waals surface area (Å²) in [7, 11) is 0. The Morgan fingerprint density at radius 1 is 1.35 bits per heavy atom. The number of rotatable bonds is 6. The molecule has 3 nitrogen and oxygen atoms in total. The molecule has 0 bridgehead atoms. The highest BCUT2D eigenvalue weighted by Gasteiger charge is 2.34. The summed E-state index contributed by atoms with van der Waals surface area (Å²) in [5.41, 5.74) is 1.90. The van der Waals surface area contributed by atoms with Crippen molar-refractivity contribution in [3.63, 3.8) is 0 Å². The van der Waals surface area contributed by atoms with E-state index >= 15 is 0 Å². The summed E-state index contributed by atoms with van der Waals surface area (Å²) in [5, 5.41) is 9.44. The van der Waals surface area contributed by atoms with Crippen molar-refractivity contribution in [2.24, 2.45) is 5.92 Å². The van der Waals surface area contributed by atoms with Gasteiger partial charge in [0.25, 0.3) is 0 Å². The summed E-state index contributed by atoms with van der Waals surface area (Å²) >= 11 is 6.26. The van der Waals surface area contributed by atoms with Crippen LogP contribution in [0.2, 0.25) is 5.02 Å². The molecule has 4 heteroatoms. The molecule has 0 spiro atoms. The van der Waals surface area contributed by atoms with Crippen LogP contribution in [-0.4, -0.2) is 23.7 Å². The van der Waals surface area contributed by atoms with Crippen molar-refractivity contribution in [2.45, 2.75) is 31.7 Å². The zero-order valence-corrected chi connectivity index (χ0v) is 12.0. The third-order valence-electron chi connectivity index (χ3n) is 3.87. The first-order chi connectivity index (χ1) is 9.65. The van der Waals surface area contributed by atoms with Crippen LogP contribution < -0.4 is 4.90 Å². The lowest BCUT2D eigenvalue weighted by atomic mass is 10.1. The summed E-state index contributed by atoms with van der Waals surface area (Å²) < 4.78 is 0. The second-order valence-corrected chi connectivity index (χ2v) is 6.08. The van der Waals surface area contributed by atoms with Crippen LogP contribution in [0.25, 0.3) is 6.08 Å². The maximum Gasteiger partial charge on any atom is 0.328 e. The maximum atomic E-state index is 10.8. The summed E-state index contributed by atoms with van der Waals surface area (Å²) in [6.07, 6.45) is 7.84. The zero-order valence-electron chi connectivity index (χ0n) is 11.3. The monoisotopic (exact) mass is 291 g/mol. The summed E-state index contributed by atoms with van der Waals surface area (Å²) in [4.78, 5) is 13.2. The SMILES string of the molecule is O=C(O)C=Cc1c(Cl)cccc1N(CC1CC1)C1CC1. The van der Waals surface area contributed by atoms with Gasteiger partial charge >= 0.3 is 5.97 Å². The van der Waals surface area contributed by atoms with E-state index in [4.69, 9.17) is 16.7 Å². The van der Waals surface area contributed by atoms with Crippen LogP contribution in [0.5, 0.6) is 0 Å². The van der Waals surface area contributed by atoms with E-state index in [-0.39, 0.29) is 0 Å². The lowest BCUT2D eigenvalue weighted by Gasteiger charge is -2.27. The average molecular weight is 292 g/mol. The fraction of sp³-hybridized carbons (Fsp3) is 0.438. The number of aliphatic carboxylic acids is 1. The van der Waals surface area contributed by atoms with Gasteiger partial charge in [-0.3, -0.25) is 0 Å². The fourth-order valence-corrected chi connectivity index (χ4v) is 2.74. The highest BCUT2D eigenvalue weighted by atomic mass is 35.5. The molecule has 0 radical (unpaired) electrons. The standard InChI is InChI=1S/C16H18ClNO2/c17-14-2-1-3-15(13(14)8-9-16(19)20)18(12-6-7-12)10-11-4-5-11/h1-3,8-9,11-12H,4-7,10H2,(H,19,20). The number of hydrogen-bond acceptors (Lipinski definition) is 2. The molecule has 0 aliphatic heterocycles. The molecule has 1 aromatic rings. The van der Waals surface area contributed by atoms with Gasteiger partial charge in [-0.1, -0.05) is 17.7 Å². The Labute approximate surface area is 123 Å². The maximum absolute atomic E-state index is 10.8. The number of benzene rings is 1. The molecule has 1 N–H and O–H groups in total. The number of carbonyl (C=O) groups is 1. The Morgan fingerprint density at radius 2 is 2.10 bits per heavy atom. The fourth-order valence-electron chi connectivity index (χ4n) is 2.50. The van der Waals surface area contributed by atoms with Crippen LogP contribution in [0.15, 0.2) is 24.3 Å². The zero-order chi connectivity index (χ0) is 14.1. The molecule has 0 saturated heterocycles. The molecule has 2 fully saturated rings. The molecule has 1 aromatic carbocycles. The molecule has 2 aliphatic carbocycles. The van der Waals surface area contributed by atoms with E-state index in [1.165, 1.54) is 25.7 Å². The van der Waals surface area contributed by atoms with Gasteiger partial charge in [0.2, 0.25) is 0 Å². The third kappa shape index (κ3) is 3.15. The van der Waals surface area contributed by atoms with Gasteiger partial charge in [0.05, 0.1) is 0 Å². The minimum atomic E-state index is -0.948. The van der Waals surface area contributed by atoms with Gasteiger partial charge in [0, 0.05) is 34.9 Å². The van der Waals surface area contributed by atoms with Crippen LogP contribution in [0.1, 0.15) is 31.2 Å². The quantitative estimate of drug-likeness (QED) is 0.810. The van der Waals surface area contributed by atoms with Gasteiger partial charge in [-0.15, -0.1) is 0 Å². The Hall–Kier alpha value is -1.48. The first-order valence-corrected chi connectivity index (χ1v) is 7.49. The summed E-state index contributed by atoms with van der Waals surface area (Å²) in [5.74, 6) is -0.151. The van der Waals surface area contributed by atoms with Crippen LogP contribution >= 0.6 is 11.6 Å². The van der Waals surface area contributed by atoms with Crippen LogP contribution in [-0.2, 0) is 4.79 Å². The second kappa shape index (κ2) is 5.49. The van der Waals surface area contributed by atoms with Gasteiger partial charge in [-0.2, -0.15) is 0 Å². The predicted octanol–water partition coefficient (Wildman–Crippen LogP) is 3.82. The molecule has 2 saturated carbocycles. The van der Waals surface area contributed by atoms with Crippen LogP contribution in [0, 0.1) is 5.92 Å². The number of hydrogen-bond donors (Lipinski definition) is 1. The van der Waals surface area contributed by atoms with Crippen molar-refractivity contribution in [1.29, 1.82) is 0 Å². The van der Waals surface area contributed by atoms with E-state index in [2.05, 4.69) is 4.90 Å². The highest BCUT2D eigenvalue weighted by molar-refractivity contribution is 6.32. The normalized spacial score (nSPS) is 18.4. The van der Waals surface area contributed by atoms with Gasteiger partial charge in [0.15, 0.2) is 0 Å². The van der Waals surface area contributed by atoms with Crippen molar-refractivity contribution >= 4 is 29.3 Å². The van der Waals surface area contributed by atoms with Gasteiger partial charge in [-0.25, -0.2) is 4.79 Å². The predicted molar refractivity (Wildman–Crippen MR) is 81.2 cm³/mol. The van der Waals surface area contributed by atoms with Crippen LogP contribution in [0.4, 0.5) is 5.69 Å². The highest BCUT2D eigenvalue weighted by Crippen LogP contribution is 2.40. The number of carboxylic acids is 1. The topological polar surface area (TPSA) is 40.5 Å². The number of carboxylic acid groups (broad SMARTS) is 1. The van der Waals surface area contributed by atoms with E-state index in [0.29, 0.717) is 11.1 Å². The van der Waals surface area contributed by atoms with Gasteiger partial charge < -0.3 is 10.0 Å². The number of nitrogens with zero attached hydrogens (tertiary/aromatic N) is 1. The summed E-state index contributed by atoms with van der Waals surface area (Å²) in [6.45, 7) is 1.07. The molecule has 0 amide bonds. The van der Waals surface area contributed by atoms with E-state index < -0.39 is 5.97 Å². The lowest BCUT2D eigenvalue weighted by molar-refractivity contribution is -0.131. The van der Waals surface area contributed by atoms with E-state index in [1.54, 1.807) is 6.08 Å². The molecule has 20 heavy (non-hydrogen) atoms. The van der Waals surface area contributed by atoms with E-state index in [9.17, 15) is 4.79 Å². The molecule has 0 aromatic heterocycles. The van der Waals surface area contributed by atoms with Crippen molar-refractivity contribution < 1.29 is 9.90 Å². The molecule has 106 valence electrons. The van der Waals surface area contributed by atoms with Crippen molar-refractivity contribution in [2.75, 3.05) is 11.4 Å². The second-order valence-electron chi connectivity index (χ2n) is 5.67. The first-order valence-electron chi connectivity index (χ1n) is 7.11. The Morgan fingerprint density at radius 3 is 2.70 bits per heavy atom. The minimum absolute atomic E-state index is 0.603. The molecule has 3 rings (SSSR count). The Kier molecular flexibility index (Phi) is 3.70. The lowest BCUT2D eigenvalue weighted by Crippen LogP contribution is -2.28. The molecule has 0 heterocycles. The van der Waals surface area contributed by atoms with E-state index in [1.807, 2.05) is 18.2 Å². The molecular formula is C16H18ClNO2. The molecular weight excluding hydrogens is 274 g/mol. The third-order valence-corrected chi connectivity index (χ3v) is 4.20. The smallest absolute Gasteiger partial charge is 0.328 e. The van der Waals surface area contributed by atoms with E-state index in [0.717, 1.165) is 29.8 Å². The van der Waals surface area contributed by atoms with Crippen molar-refractivity contribution in [1.82, 2.24) is 0 Å². The average Bonchev–Trinajstić information content (AvgIpc) is 3.26. The molecule has 0 atom stereocenters. The van der Waals surface area contributed by atoms with Crippen LogP contribution in [0.3, 0.4) is 0 Å². The summed E-state index contributed by atoms with van der Waals surface area (Å²) in [6, 6.07) is 6.41. The van der Waals surface area contributed by atoms with Crippen molar-refractivity contribution in [3.05, 3.63) is 34.9 Å². The van der Waals surface area contributed by atoms with Gasteiger partial charge in [0.1, 0.15) is 0 Å². The first kappa shape index (κ1) is 13.5. The molecule has 2 aliphatic rings. The number of halogens is 1. The minimum Gasteiger partial charge on any atom is -0.478 e. The number of anilines is 1. The van der Waals surface area contributed by atoms with Crippen molar-refractivity contribution in [3.8, 4) is 0 Å². The Balaban J connectivity index is 1.93.